The Morgan fingerprint density at radius 1 is 1.17 bits per heavy atom. The topological polar surface area (TPSA) is 51.9 Å². The van der Waals surface area contributed by atoms with Gasteiger partial charge in [-0.15, -0.1) is 11.3 Å². The average Bonchev–Trinajstić information content (AvgIpc) is 3.33. The van der Waals surface area contributed by atoms with Gasteiger partial charge in [-0.1, -0.05) is 60.2 Å². The molecule has 0 bridgehead atoms. The number of imidazole rings is 1. The number of hydrogen-bond acceptors (Lipinski definition) is 4. The molecule has 1 atom stereocenters. The van der Waals surface area contributed by atoms with Gasteiger partial charge in [-0.2, -0.15) is 0 Å². The summed E-state index contributed by atoms with van der Waals surface area (Å²) in [6.45, 7) is 2.21. The summed E-state index contributed by atoms with van der Waals surface area (Å²) in [6.07, 6.45) is 3.61. The Morgan fingerprint density at radius 2 is 1.90 bits per heavy atom. The zero-order chi connectivity index (χ0) is 21.1. The van der Waals surface area contributed by atoms with E-state index in [1.165, 1.54) is 16.9 Å². The number of nitrogens with one attached hydrogen (secondary N) is 1. The summed E-state index contributed by atoms with van der Waals surface area (Å²) in [5.74, 6) is 0.664. The molecule has 0 aliphatic rings. The molecular weight excluding hydrogens is 412 g/mol. The van der Waals surface area contributed by atoms with E-state index >= 15 is 0 Å². The van der Waals surface area contributed by atoms with Crippen LogP contribution in [0.3, 0.4) is 0 Å². The van der Waals surface area contributed by atoms with Crippen LogP contribution in [0.4, 0.5) is 0 Å². The van der Waals surface area contributed by atoms with Crippen molar-refractivity contribution >= 4 is 29.5 Å². The van der Waals surface area contributed by atoms with Gasteiger partial charge in [0.05, 0.1) is 5.69 Å². The maximum Gasteiger partial charge on any atom is 0.240 e. The molecule has 0 saturated carbocycles. The second-order valence-corrected chi connectivity index (χ2v) is 8.65. The first-order chi connectivity index (χ1) is 14.5. The van der Waals surface area contributed by atoms with E-state index < -0.39 is 0 Å². The molecule has 2 aromatic heterocycles. The second kappa shape index (κ2) is 8.77. The highest BCUT2D eigenvalue weighted by Gasteiger charge is 2.21. The van der Waals surface area contributed by atoms with E-state index in [2.05, 4.69) is 41.5 Å². The van der Waals surface area contributed by atoms with Gasteiger partial charge in [-0.05, 0) is 30.3 Å². The second-order valence-electron chi connectivity index (χ2n) is 7.15. The van der Waals surface area contributed by atoms with Gasteiger partial charge in [0.2, 0.25) is 5.91 Å². The number of amides is 1. The number of carbonyl (C=O) groups excluding carboxylic acids is 1. The molecule has 152 valence electrons. The Labute approximate surface area is 184 Å². The van der Waals surface area contributed by atoms with E-state index in [0.29, 0.717) is 3.95 Å². The summed E-state index contributed by atoms with van der Waals surface area (Å²) >= 11 is 6.98. The van der Waals surface area contributed by atoms with Crippen LogP contribution in [0.5, 0.6) is 0 Å². The summed E-state index contributed by atoms with van der Waals surface area (Å²) in [4.78, 5) is 17.5. The molecule has 0 aliphatic heterocycles. The first kappa shape index (κ1) is 20.3. The zero-order valence-corrected chi connectivity index (χ0v) is 18.4. The molecule has 4 rings (SSSR count). The minimum Gasteiger partial charge on any atom is -0.341 e. The zero-order valence-electron chi connectivity index (χ0n) is 16.8. The van der Waals surface area contributed by atoms with Crippen molar-refractivity contribution in [3.63, 3.8) is 0 Å². The van der Waals surface area contributed by atoms with Crippen LogP contribution in [0.25, 0.3) is 11.3 Å². The van der Waals surface area contributed by atoms with Gasteiger partial charge >= 0.3 is 0 Å². The summed E-state index contributed by atoms with van der Waals surface area (Å²) in [7, 11) is 1.93. The summed E-state index contributed by atoms with van der Waals surface area (Å²) < 4.78 is 4.49. The van der Waals surface area contributed by atoms with Crippen molar-refractivity contribution in [2.45, 2.75) is 19.5 Å². The predicted octanol–water partition coefficient (Wildman–Crippen LogP) is 4.89. The lowest BCUT2D eigenvalue weighted by molar-refractivity contribution is -0.122. The smallest absolute Gasteiger partial charge is 0.240 e. The molecule has 0 spiro atoms. The highest BCUT2D eigenvalue weighted by Crippen LogP contribution is 2.25. The van der Waals surface area contributed by atoms with Gasteiger partial charge in [-0.25, -0.2) is 4.98 Å². The van der Waals surface area contributed by atoms with Gasteiger partial charge in [-0.3, -0.25) is 4.79 Å². The quantitative estimate of drug-likeness (QED) is 0.440. The van der Waals surface area contributed by atoms with E-state index in [0.717, 1.165) is 22.6 Å². The SMILES string of the molecule is Cc1ccc(-c2csc(=S)n2CC(=O)N[C@@H](c2ccccc2)c2nccn2C)cc1. The molecule has 0 unspecified atom stereocenters. The first-order valence-corrected chi connectivity index (χ1v) is 10.9. The normalized spacial score (nSPS) is 11.9. The maximum absolute atomic E-state index is 13.1. The fraction of sp³-hybridized carbons (Fsp3) is 0.174. The van der Waals surface area contributed by atoms with Crippen LogP contribution in [0.15, 0.2) is 72.4 Å². The predicted molar refractivity (Wildman–Crippen MR) is 123 cm³/mol. The van der Waals surface area contributed by atoms with Crippen LogP contribution in [0.2, 0.25) is 0 Å². The lowest BCUT2D eigenvalue weighted by atomic mass is 10.1. The van der Waals surface area contributed by atoms with Crippen LogP contribution >= 0.6 is 23.6 Å². The van der Waals surface area contributed by atoms with E-state index in [9.17, 15) is 4.79 Å². The fourth-order valence-corrected chi connectivity index (χ4v) is 4.45. The van der Waals surface area contributed by atoms with E-state index in [1.807, 2.05) is 58.1 Å². The van der Waals surface area contributed by atoms with E-state index in [1.54, 1.807) is 6.20 Å². The lowest BCUT2D eigenvalue weighted by Gasteiger charge is -2.20. The third kappa shape index (κ3) is 4.27. The highest BCUT2D eigenvalue weighted by molar-refractivity contribution is 7.73. The van der Waals surface area contributed by atoms with Crippen LogP contribution in [0.1, 0.15) is 23.0 Å². The minimum atomic E-state index is -0.339. The van der Waals surface area contributed by atoms with Gasteiger partial charge in [0, 0.05) is 24.8 Å². The van der Waals surface area contributed by atoms with Crippen LogP contribution in [-0.4, -0.2) is 20.0 Å². The summed E-state index contributed by atoms with van der Waals surface area (Å²) in [5.41, 5.74) is 4.17. The number of thiazole rings is 1. The van der Waals surface area contributed by atoms with Gasteiger partial charge in [0.15, 0.2) is 3.95 Å². The van der Waals surface area contributed by atoms with Gasteiger partial charge < -0.3 is 14.5 Å². The molecule has 7 heteroatoms. The van der Waals surface area contributed by atoms with Crippen molar-refractivity contribution in [1.82, 2.24) is 19.4 Å². The lowest BCUT2D eigenvalue weighted by Crippen LogP contribution is -2.33. The Hall–Kier alpha value is -3.03. The monoisotopic (exact) mass is 434 g/mol. The third-order valence-corrected chi connectivity index (χ3v) is 6.26. The van der Waals surface area contributed by atoms with Crippen molar-refractivity contribution in [3.8, 4) is 11.3 Å². The Morgan fingerprint density at radius 3 is 2.57 bits per heavy atom. The van der Waals surface area contributed by atoms with Gasteiger partial charge in [0.25, 0.3) is 0 Å². The number of rotatable bonds is 6. The molecule has 5 nitrogen and oxygen atoms in total. The van der Waals surface area contributed by atoms with Crippen LogP contribution < -0.4 is 5.32 Å². The van der Waals surface area contributed by atoms with Crippen molar-refractivity contribution in [2.75, 3.05) is 0 Å². The molecule has 1 amide bonds. The molecule has 0 aliphatic carbocycles. The molecule has 1 N–H and O–H groups in total. The summed E-state index contributed by atoms with van der Waals surface area (Å²) in [5, 5.41) is 5.15. The number of aromatic nitrogens is 3. The van der Waals surface area contributed by atoms with Crippen LogP contribution in [0, 0.1) is 10.9 Å². The van der Waals surface area contributed by atoms with Crippen LogP contribution in [-0.2, 0) is 18.4 Å². The Balaban J connectivity index is 1.61. The van der Waals surface area contributed by atoms with Crippen molar-refractivity contribution < 1.29 is 4.79 Å². The Bertz CT molecular complexity index is 1210. The molecule has 0 saturated heterocycles. The van der Waals surface area contributed by atoms with Gasteiger partial charge in [0.1, 0.15) is 18.4 Å². The molecule has 30 heavy (non-hydrogen) atoms. The molecule has 4 aromatic rings. The molecule has 0 fully saturated rings. The van der Waals surface area contributed by atoms with E-state index in [-0.39, 0.29) is 18.5 Å². The third-order valence-electron chi connectivity index (χ3n) is 4.99. The standard InChI is InChI=1S/C23H22N4OS2/c1-16-8-10-17(11-9-16)19-15-30-23(29)27(19)14-20(28)25-21(18-6-4-3-5-7-18)22-24-12-13-26(22)2/h3-13,15,21H,14H2,1-2H3,(H,25,28)/t21-/m0/s1. The average molecular weight is 435 g/mol. The van der Waals surface area contributed by atoms with Crippen molar-refractivity contribution in [3.05, 3.63) is 93.3 Å². The van der Waals surface area contributed by atoms with Crippen molar-refractivity contribution in [2.24, 2.45) is 7.05 Å². The fourth-order valence-electron chi connectivity index (χ4n) is 3.38. The highest BCUT2D eigenvalue weighted by atomic mass is 32.1. The maximum atomic E-state index is 13.1. The minimum absolute atomic E-state index is 0.116. The molecule has 2 heterocycles. The van der Waals surface area contributed by atoms with E-state index in [4.69, 9.17) is 12.2 Å². The molecule has 2 aromatic carbocycles. The van der Waals surface area contributed by atoms with Crippen molar-refractivity contribution in [1.29, 1.82) is 0 Å². The summed E-state index contributed by atoms with van der Waals surface area (Å²) in [6, 6.07) is 17.8. The number of hydrogen-bond donors (Lipinski definition) is 1. The Kier molecular flexibility index (Phi) is 5.92. The number of nitrogens with zero attached hydrogens (tertiary/aromatic N) is 3. The molecular formula is C23H22N4OS2. The largest absolute Gasteiger partial charge is 0.341 e. The first-order valence-electron chi connectivity index (χ1n) is 9.60. The number of aryl methyl sites for hydroxylation is 2. The number of benzene rings is 2. The molecule has 0 radical (unpaired) electrons. The number of carbonyl (C=O) groups is 1.